The summed E-state index contributed by atoms with van der Waals surface area (Å²) in [6, 6.07) is 3.11. The average molecular weight is 266 g/mol. The number of carboxylic acid groups (broad SMARTS) is 1. The zero-order valence-electron chi connectivity index (χ0n) is 9.61. The minimum Gasteiger partial charge on any atom is -0.478 e. The van der Waals surface area contributed by atoms with Gasteiger partial charge in [0.1, 0.15) is 5.56 Å². The number of hydrogen-bond acceptors (Lipinski definition) is 4. The van der Waals surface area contributed by atoms with Gasteiger partial charge in [-0.1, -0.05) is 0 Å². The first-order valence-corrected chi connectivity index (χ1v) is 6.12. The molecule has 0 fully saturated rings. The van der Waals surface area contributed by atoms with Crippen molar-refractivity contribution in [2.75, 3.05) is 5.32 Å². The van der Waals surface area contributed by atoms with E-state index in [-0.39, 0.29) is 11.4 Å². The van der Waals surface area contributed by atoms with E-state index in [0.717, 1.165) is 16.5 Å². The molecule has 0 radical (unpaired) electrons. The molecule has 4 nitrogen and oxygen atoms in total. The van der Waals surface area contributed by atoms with Gasteiger partial charge in [-0.3, -0.25) is 0 Å². The highest BCUT2D eigenvalue weighted by Gasteiger charge is 2.14. The van der Waals surface area contributed by atoms with Crippen LogP contribution in [0.3, 0.4) is 0 Å². The van der Waals surface area contributed by atoms with Gasteiger partial charge in [-0.2, -0.15) is 0 Å². The topological polar surface area (TPSA) is 62.2 Å². The highest BCUT2D eigenvalue weighted by molar-refractivity contribution is 7.10. The van der Waals surface area contributed by atoms with Crippen LogP contribution in [-0.4, -0.2) is 16.1 Å². The lowest BCUT2D eigenvalue weighted by molar-refractivity contribution is 0.0692. The molecule has 0 aromatic carbocycles. The SMILES string of the molecule is Cc1ccsc1CNc1nccc(C(=O)O)c1F. The molecular weight excluding hydrogens is 255 g/mol. The van der Waals surface area contributed by atoms with Gasteiger partial charge in [-0.15, -0.1) is 11.3 Å². The molecule has 0 aliphatic carbocycles. The van der Waals surface area contributed by atoms with E-state index in [1.807, 2.05) is 18.4 Å². The first-order valence-electron chi connectivity index (χ1n) is 5.24. The summed E-state index contributed by atoms with van der Waals surface area (Å²) in [5, 5.41) is 13.6. The number of aromatic carboxylic acids is 1. The van der Waals surface area contributed by atoms with Gasteiger partial charge in [0.15, 0.2) is 11.6 Å². The second kappa shape index (κ2) is 5.14. The molecule has 0 aliphatic heterocycles. The van der Waals surface area contributed by atoms with Crippen molar-refractivity contribution >= 4 is 23.1 Å². The van der Waals surface area contributed by atoms with Crippen LogP contribution in [0.1, 0.15) is 20.8 Å². The number of aromatic nitrogens is 1. The van der Waals surface area contributed by atoms with Crippen molar-refractivity contribution in [1.82, 2.24) is 4.98 Å². The Morgan fingerprint density at radius 1 is 1.56 bits per heavy atom. The predicted molar refractivity (Wildman–Crippen MR) is 67.5 cm³/mol. The zero-order chi connectivity index (χ0) is 13.1. The standard InChI is InChI=1S/C12H11FN2O2S/c1-7-3-5-18-9(7)6-15-11-10(13)8(12(16)17)2-4-14-11/h2-5H,6H2,1H3,(H,14,15)(H,16,17). The van der Waals surface area contributed by atoms with Crippen LogP contribution in [0, 0.1) is 12.7 Å². The number of anilines is 1. The molecule has 6 heteroatoms. The Hall–Kier alpha value is -1.95. The number of nitrogens with one attached hydrogen (secondary N) is 1. The average Bonchev–Trinajstić information content (AvgIpc) is 2.73. The van der Waals surface area contributed by atoms with E-state index in [0.29, 0.717) is 6.54 Å². The van der Waals surface area contributed by atoms with Crippen molar-refractivity contribution < 1.29 is 14.3 Å². The van der Waals surface area contributed by atoms with E-state index >= 15 is 0 Å². The normalized spacial score (nSPS) is 10.3. The van der Waals surface area contributed by atoms with Gasteiger partial charge in [-0.25, -0.2) is 14.2 Å². The summed E-state index contributed by atoms with van der Waals surface area (Å²) in [5.74, 6) is -2.17. The van der Waals surface area contributed by atoms with Gasteiger partial charge in [0, 0.05) is 11.1 Å². The molecule has 18 heavy (non-hydrogen) atoms. The Labute approximate surface area is 107 Å². The highest BCUT2D eigenvalue weighted by atomic mass is 32.1. The summed E-state index contributed by atoms with van der Waals surface area (Å²) in [4.78, 5) is 15.6. The number of rotatable bonds is 4. The molecule has 2 aromatic heterocycles. The van der Waals surface area contributed by atoms with Crippen LogP contribution in [0.25, 0.3) is 0 Å². The second-order valence-electron chi connectivity index (χ2n) is 3.71. The number of halogens is 1. The van der Waals surface area contributed by atoms with E-state index in [4.69, 9.17) is 5.11 Å². The van der Waals surface area contributed by atoms with Gasteiger partial charge in [0.25, 0.3) is 0 Å². The summed E-state index contributed by atoms with van der Waals surface area (Å²) in [6.45, 7) is 2.39. The Bertz CT molecular complexity index is 583. The number of hydrogen-bond donors (Lipinski definition) is 2. The van der Waals surface area contributed by atoms with Crippen molar-refractivity contribution in [3.8, 4) is 0 Å². The number of carbonyl (C=O) groups is 1. The predicted octanol–water partition coefficient (Wildman–Crippen LogP) is 2.90. The van der Waals surface area contributed by atoms with E-state index < -0.39 is 11.8 Å². The van der Waals surface area contributed by atoms with E-state index in [1.54, 1.807) is 11.3 Å². The van der Waals surface area contributed by atoms with Crippen LogP contribution in [0.2, 0.25) is 0 Å². The van der Waals surface area contributed by atoms with Crippen LogP contribution >= 0.6 is 11.3 Å². The maximum atomic E-state index is 13.8. The highest BCUT2D eigenvalue weighted by Crippen LogP contribution is 2.19. The third-order valence-electron chi connectivity index (χ3n) is 2.50. The molecule has 2 N–H and O–H groups in total. The summed E-state index contributed by atoms with van der Waals surface area (Å²) in [6.07, 6.45) is 1.27. The zero-order valence-corrected chi connectivity index (χ0v) is 10.4. The molecule has 0 amide bonds. The van der Waals surface area contributed by atoms with Crippen molar-refractivity contribution in [1.29, 1.82) is 0 Å². The lowest BCUT2D eigenvalue weighted by Gasteiger charge is -2.07. The number of pyridine rings is 1. The lowest BCUT2D eigenvalue weighted by Crippen LogP contribution is -2.08. The van der Waals surface area contributed by atoms with E-state index in [1.165, 1.54) is 6.20 Å². The molecule has 0 bridgehead atoms. The van der Waals surface area contributed by atoms with Crippen molar-refractivity contribution in [2.24, 2.45) is 0 Å². The molecule has 0 atom stereocenters. The van der Waals surface area contributed by atoms with Gasteiger partial charge in [-0.05, 0) is 30.0 Å². The molecular formula is C12H11FN2O2S. The molecule has 94 valence electrons. The number of nitrogens with zero attached hydrogens (tertiary/aromatic N) is 1. The maximum Gasteiger partial charge on any atom is 0.338 e. The van der Waals surface area contributed by atoms with Gasteiger partial charge < -0.3 is 10.4 Å². The number of aryl methyl sites for hydroxylation is 1. The van der Waals surface area contributed by atoms with Crippen LogP contribution in [0.4, 0.5) is 10.2 Å². The van der Waals surface area contributed by atoms with Crippen LogP contribution < -0.4 is 5.32 Å². The molecule has 2 heterocycles. The molecule has 2 rings (SSSR count). The Balaban J connectivity index is 2.17. The number of thiophene rings is 1. The Morgan fingerprint density at radius 3 is 2.94 bits per heavy atom. The molecule has 0 spiro atoms. The first kappa shape index (κ1) is 12.5. The first-order chi connectivity index (χ1) is 8.59. The second-order valence-corrected chi connectivity index (χ2v) is 4.71. The molecule has 0 saturated carbocycles. The Kier molecular flexibility index (Phi) is 3.57. The van der Waals surface area contributed by atoms with Crippen LogP contribution in [0.5, 0.6) is 0 Å². The maximum absolute atomic E-state index is 13.8. The fourth-order valence-electron chi connectivity index (χ4n) is 1.48. The molecule has 2 aromatic rings. The summed E-state index contributed by atoms with van der Waals surface area (Å²) < 4.78 is 13.8. The van der Waals surface area contributed by atoms with E-state index in [2.05, 4.69) is 10.3 Å². The molecule has 0 aliphatic rings. The smallest absolute Gasteiger partial charge is 0.338 e. The van der Waals surface area contributed by atoms with Gasteiger partial charge in [0.2, 0.25) is 0 Å². The quantitative estimate of drug-likeness (QED) is 0.893. The largest absolute Gasteiger partial charge is 0.478 e. The summed E-state index contributed by atoms with van der Waals surface area (Å²) >= 11 is 1.56. The minimum atomic E-state index is -1.30. The van der Waals surface area contributed by atoms with Gasteiger partial charge in [0.05, 0.1) is 6.54 Å². The van der Waals surface area contributed by atoms with Crippen LogP contribution in [-0.2, 0) is 6.54 Å². The molecule has 0 saturated heterocycles. The number of carboxylic acids is 1. The summed E-state index contributed by atoms with van der Waals surface area (Å²) in [7, 11) is 0. The lowest BCUT2D eigenvalue weighted by atomic mass is 10.2. The monoisotopic (exact) mass is 266 g/mol. The fourth-order valence-corrected chi connectivity index (χ4v) is 2.33. The van der Waals surface area contributed by atoms with Crippen molar-refractivity contribution in [2.45, 2.75) is 13.5 Å². The molecule has 0 unspecified atom stereocenters. The van der Waals surface area contributed by atoms with Crippen molar-refractivity contribution in [3.63, 3.8) is 0 Å². The minimum absolute atomic E-state index is 0.0392. The third kappa shape index (κ3) is 2.48. The van der Waals surface area contributed by atoms with Crippen molar-refractivity contribution in [3.05, 3.63) is 45.5 Å². The van der Waals surface area contributed by atoms with Crippen LogP contribution in [0.15, 0.2) is 23.7 Å². The summed E-state index contributed by atoms with van der Waals surface area (Å²) in [5.41, 5.74) is 0.734. The fraction of sp³-hybridized carbons (Fsp3) is 0.167. The Morgan fingerprint density at radius 2 is 2.33 bits per heavy atom. The third-order valence-corrected chi connectivity index (χ3v) is 3.53. The van der Waals surface area contributed by atoms with E-state index in [9.17, 15) is 9.18 Å². The van der Waals surface area contributed by atoms with Gasteiger partial charge >= 0.3 is 5.97 Å².